The van der Waals surface area contributed by atoms with Crippen LogP contribution in [0.1, 0.15) is 51.2 Å². The first kappa shape index (κ1) is 23.6. The summed E-state index contributed by atoms with van der Waals surface area (Å²) in [5, 5.41) is 15.3. The minimum Gasteiger partial charge on any atom is -0.478 e. The zero-order valence-corrected chi connectivity index (χ0v) is 18.1. The number of carbonyl (C=O) groups is 3. The molecule has 7 heteroatoms. The second-order valence-corrected chi connectivity index (χ2v) is 7.80. The van der Waals surface area contributed by atoms with Gasteiger partial charge in [-0.25, -0.2) is 4.79 Å². The van der Waals surface area contributed by atoms with Crippen LogP contribution in [0.3, 0.4) is 0 Å². The Morgan fingerprint density at radius 3 is 2.30 bits per heavy atom. The summed E-state index contributed by atoms with van der Waals surface area (Å²) < 4.78 is 6.12. The van der Waals surface area contributed by atoms with Crippen molar-refractivity contribution in [2.75, 3.05) is 0 Å². The van der Waals surface area contributed by atoms with E-state index < -0.39 is 24.2 Å². The Hall–Kier alpha value is -2.67. The van der Waals surface area contributed by atoms with Gasteiger partial charge in [0.25, 0.3) is 0 Å². The van der Waals surface area contributed by atoms with Gasteiger partial charge < -0.3 is 20.5 Å². The van der Waals surface area contributed by atoms with Gasteiger partial charge >= 0.3 is 5.97 Å². The van der Waals surface area contributed by atoms with Crippen LogP contribution in [0.2, 0.25) is 0 Å². The molecular formula is C23H32N2O5. The van der Waals surface area contributed by atoms with Crippen molar-refractivity contribution in [1.29, 1.82) is 0 Å². The molecular weight excluding hydrogens is 384 g/mol. The van der Waals surface area contributed by atoms with Gasteiger partial charge in [-0.3, -0.25) is 9.59 Å². The van der Waals surface area contributed by atoms with E-state index in [9.17, 15) is 19.5 Å². The smallest absolute Gasteiger partial charge is 0.331 e. The predicted molar refractivity (Wildman–Crippen MR) is 114 cm³/mol. The standard InChI is InChI=1S/C23H32N2O5/c1-5-18(6-2)30-20-13-17(23(28)29)12-19(22(20)24-15(4)26)25-21(27)11-16-9-7-14(3)8-10-16/h7-10,13,18-20,22H,5-6,11-12H2,1-4H3,(H,24,26)(H,25,27)(H,28,29)/t19-,20+,22+/m0/s1. The molecule has 7 nitrogen and oxygen atoms in total. The van der Waals surface area contributed by atoms with Crippen LogP contribution >= 0.6 is 0 Å². The number of carboxylic acids is 1. The lowest BCUT2D eigenvalue weighted by molar-refractivity contribution is -0.134. The van der Waals surface area contributed by atoms with Crippen molar-refractivity contribution >= 4 is 17.8 Å². The monoisotopic (exact) mass is 416 g/mol. The van der Waals surface area contributed by atoms with Gasteiger partial charge in [0.2, 0.25) is 11.8 Å². The topological polar surface area (TPSA) is 105 Å². The number of carbonyl (C=O) groups excluding carboxylic acids is 2. The molecule has 0 saturated carbocycles. The van der Waals surface area contributed by atoms with Crippen molar-refractivity contribution in [3.05, 3.63) is 47.0 Å². The fourth-order valence-electron chi connectivity index (χ4n) is 3.66. The molecule has 1 aromatic carbocycles. The summed E-state index contributed by atoms with van der Waals surface area (Å²) in [5.74, 6) is -1.54. The van der Waals surface area contributed by atoms with Crippen LogP contribution in [0.15, 0.2) is 35.9 Å². The van der Waals surface area contributed by atoms with Crippen molar-refractivity contribution in [2.45, 2.75) is 77.7 Å². The molecule has 1 aromatic rings. The summed E-state index contributed by atoms with van der Waals surface area (Å²) in [6, 6.07) is 6.53. The van der Waals surface area contributed by atoms with Crippen LogP contribution in [0, 0.1) is 6.92 Å². The Bertz CT molecular complexity index is 783. The van der Waals surface area contributed by atoms with Gasteiger partial charge in [0.05, 0.1) is 30.7 Å². The van der Waals surface area contributed by atoms with Gasteiger partial charge in [0, 0.05) is 18.9 Å². The predicted octanol–water partition coefficient (Wildman–Crippen LogP) is 2.52. The Balaban J connectivity index is 2.23. The lowest BCUT2D eigenvalue weighted by Crippen LogP contribution is -2.59. The Kier molecular flexibility index (Phi) is 8.59. The zero-order valence-electron chi connectivity index (χ0n) is 18.1. The highest BCUT2D eigenvalue weighted by Crippen LogP contribution is 2.24. The maximum atomic E-state index is 12.7. The number of rotatable bonds is 9. The number of hydrogen-bond donors (Lipinski definition) is 3. The molecule has 1 aliphatic rings. The van der Waals surface area contributed by atoms with Gasteiger partial charge in [-0.1, -0.05) is 43.7 Å². The molecule has 30 heavy (non-hydrogen) atoms. The number of aliphatic carboxylic acids is 1. The largest absolute Gasteiger partial charge is 0.478 e. The molecule has 164 valence electrons. The van der Waals surface area contributed by atoms with Gasteiger partial charge in [0.1, 0.15) is 0 Å². The quantitative estimate of drug-likeness (QED) is 0.574. The molecule has 0 unspecified atom stereocenters. The van der Waals surface area contributed by atoms with E-state index in [2.05, 4.69) is 10.6 Å². The molecule has 2 rings (SSSR count). The van der Waals surface area contributed by atoms with E-state index in [0.29, 0.717) is 0 Å². The number of amides is 2. The second-order valence-electron chi connectivity index (χ2n) is 7.80. The average molecular weight is 417 g/mol. The highest BCUT2D eigenvalue weighted by Gasteiger charge is 2.38. The lowest BCUT2D eigenvalue weighted by atomic mass is 9.87. The summed E-state index contributed by atoms with van der Waals surface area (Å²) in [6.45, 7) is 7.36. The van der Waals surface area contributed by atoms with Crippen LogP contribution < -0.4 is 10.6 Å². The van der Waals surface area contributed by atoms with Crippen molar-refractivity contribution < 1.29 is 24.2 Å². The van der Waals surface area contributed by atoms with E-state index in [1.807, 2.05) is 45.0 Å². The highest BCUT2D eigenvalue weighted by molar-refractivity contribution is 5.87. The lowest BCUT2D eigenvalue weighted by Gasteiger charge is -2.38. The number of ether oxygens (including phenoxy) is 1. The second kappa shape index (κ2) is 10.9. The third-order valence-electron chi connectivity index (χ3n) is 5.33. The number of aryl methyl sites for hydroxylation is 1. The summed E-state index contributed by atoms with van der Waals surface area (Å²) in [5.41, 5.74) is 2.15. The minimum absolute atomic E-state index is 0.0698. The van der Waals surface area contributed by atoms with Crippen molar-refractivity contribution in [3.63, 3.8) is 0 Å². The third kappa shape index (κ3) is 6.69. The van der Waals surface area contributed by atoms with E-state index in [4.69, 9.17) is 4.74 Å². The molecule has 0 radical (unpaired) electrons. The molecule has 0 spiro atoms. The summed E-state index contributed by atoms with van der Waals surface area (Å²) >= 11 is 0. The van der Waals surface area contributed by atoms with Crippen LogP contribution in [-0.4, -0.2) is 47.2 Å². The van der Waals surface area contributed by atoms with Crippen LogP contribution in [0.5, 0.6) is 0 Å². The zero-order chi connectivity index (χ0) is 22.3. The first-order chi connectivity index (χ1) is 14.2. The van der Waals surface area contributed by atoms with Crippen LogP contribution in [-0.2, 0) is 25.5 Å². The Labute approximate surface area is 177 Å². The first-order valence-electron chi connectivity index (χ1n) is 10.4. The van der Waals surface area contributed by atoms with Crippen LogP contribution in [0.4, 0.5) is 0 Å². The van der Waals surface area contributed by atoms with E-state index in [-0.39, 0.29) is 36.3 Å². The maximum absolute atomic E-state index is 12.7. The SMILES string of the molecule is CCC(CC)O[C@@H]1C=C(C(=O)O)C[C@H](NC(=O)Cc2ccc(C)cc2)[C@H]1NC(C)=O. The molecule has 3 atom stereocenters. The number of hydrogen-bond acceptors (Lipinski definition) is 4. The fourth-order valence-corrected chi connectivity index (χ4v) is 3.66. The molecule has 0 saturated heterocycles. The number of nitrogens with one attached hydrogen (secondary N) is 2. The molecule has 0 aliphatic heterocycles. The summed E-state index contributed by atoms with van der Waals surface area (Å²) in [6.07, 6.45) is 2.67. The number of benzene rings is 1. The minimum atomic E-state index is -1.05. The normalized spacial score (nSPS) is 21.1. The van der Waals surface area contributed by atoms with Crippen LogP contribution in [0.25, 0.3) is 0 Å². The molecule has 0 bridgehead atoms. The molecule has 1 aliphatic carbocycles. The summed E-state index contributed by atoms with van der Waals surface area (Å²) in [4.78, 5) is 36.2. The fraction of sp³-hybridized carbons (Fsp3) is 0.522. The van der Waals surface area contributed by atoms with E-state index in [1.165, 1.54) is 6.92 Å². The third-order valence-corrected chi connectivity index (χ3v) is 5.33. The van der Waals surface area contributed by atoms with Gasteiger partial charge in [-0.15, -0.1) is 0 Å². The highest BCUT2D eigenvalue weighted by atomic mass is 16.5. The van der Waals surface area contributed by atoms with Crippen molar-refractivity contribution in [1.82, 2.24) is 10.6 Å². The number of carboxylic acid groups (broad SMARTS) is 1. The average Bonchev–Trinajstić information content (AvgIpc) is 2.69. The van der Waals surface area contributed by atoms with Gasteiger partial charge in [-0.05, 0) is 31.4 Å². The van der Waals surface area contributed by atoms with Gasteiger partial charge in [-0.2, -0.15) is 0 Å². The molecule has 0 aromatic heterocycles. The molecule has 0 heterocycles. The molecule has 2 amide bonds. The maximum Gasteiger partial charge on any atom is 0.331 e. The molecule has 3 N–H and O–H groups in total. The Morgan fingerprint density at radius 2 is 1.77 bits per heavy atom. The van der Waals surface area contributed by atoms with Gasteiger partial charge in [0.15, 0.2) is 0 Å². The van der Waals surface area contributed by atoms with E-state index in [1.54, 1.807) is 6.08 Å². The van der Waals surface area contributed by atoms with Crippen molar-refractivity contribution in [2.24, 2.45) is 0 Å². The van der Waals surface area contributed by atoms with Crippen molar-refractivity contribution in [3.8, 4) is 0 Å². The first-order valence-corrected chi connectivity index (χ1v) is 10.4. The van der Waals surface area contributed by atoms with E-state index in [0.717, 1.165) is 24.0 Å². The Morgan fingerprint density at radius 1 is 1.13 bits per heavy atom. The molecule has 0 fully saturated rings. The van der Waals surface area contributed by atoms with E-state index >= 15 is 0 Å². The summed E-state index contributed by atoms with van der Waals surface area (Å²) in [7, 11) is 0.